The normalized spacial score (nSPS) is 19.6. The fraction of sp³-hybridized carbons (Fsp3) is 0.478. The smallest absolute Gasteiger partial charge is 0.260 e. The van der Waals surface area contributed by atoms with E-state index in [-0.39, 0.29) is 24.7 Å². The molecule has 2 aromatic rings. The number of carbonyl (C=O) groups excluding carboxylic acids is 1. The Hall–Kier alpha value is -2.64. The average molecular weight is 411 g/mol. The first-order chi connectivity index (χ1) is 14.6. The van der Waals surface area contributed by atoms with Gasteiger partial charge >= 0.3 is 0 Å². The van der Waals surface area contributed by atoms with E-state index in [1.165, 1.54) is 5.56 Å². The van der Waals surface area contributed by atoms with Crippen molar-refractivity contribution >= 4 is 11.6 Å². The maximum absolute atomic E-state index is 13.0. The van der Waals surface area contributed by atoms with Gasteiger partial charge in [-0.25, -0.2) is 0 Å². The average Bonchev–Trinajstić information content (AvgIpc) is 3.20. The minimum Gasteiger partial charge on any atom is -0.482 e. The van der Waals surface area contributed by atoms with Crippen molar-refractivity contribution in [2.24, 2.45) is 0 Å². The van der Waals surface area contributed by atoms with Gasteiger partial charge in [-0.1, -0.05) is 12.1 Å². The van der Waals surface area contributed by atoms with E-state index in [0.717, 1.165) is 49.4 Å². The van der Waals surface area contributed by atoms with Crippen molar-refractivity contribution in [2.45, 2.75) is 31.4 Å². The van der Waals surface area contributed by atoms with Gasteiger partial charge in [-0.05, 0) is 48.6 Å². The second-order valence-corrected chi connectivity index (χ2v) is 8.11. The van der Waals surface area contributed by atoms with Gasteiger partial charge in [0.25, 0.3) is 5.91 Å². The number of aliphatic hydroxyl groups is 1. The number of nitrogens with one attached hydrogen (secondary N) is 1. The van der Waals surface area contributed by atoms with Crippen molar-refractivity contribution in [3.05, 3.63) is 53.9 Å². The van der Waals surface area contributed by atoms with E-state index < -0.39 is 0 Å². The number of likely N-dealkylation sites (N-methyl/N-ethyl adjacent to an activating group) is 1. The van der Waals surface area contributed by atoms with E-state index in [1.54, 1.807) is 17.3 Å². The lowest BCUT2D eigenvalue weighted by Gasteiger charge is -2.32. The molecule has 1 amide bonds. The number of rotatable bonds is 7. The summed E-state index contributed by atoms with van der Waals surface area (Å²) < 4.78 is 5.94. The van der Waals surface area contributed by atoms with Crippen molar-refractivity contribution in [2.75, 3.05) is 45.2 Å². The highest BCUT2D eigenvalue weighted by Crippen LogP contribution is 2.32. The first-order valence-electron chi connectivity index (χ1n) is 10.7. The van der Waals surface area contributed by atoms with E-state index in [9.17, 15) is 9.90 Å². The Bertz CT molecular complexity index is 861. The molecule has 1 aromatic heterocycles. The molecule has 160 valence electrons. The number of aryl methyl sites for hydroxylation is 1. The van der Waals surface area contributed by atoms with Crippen molar-refractivity contribution < 1.29 is 14.6 Å². The molecule has 0 radical (unpaired) electrons. The summed E-state index contributed by atoms with van der Waals surface area (Å²) in [5.41, 5.74) is 3.28. The van der Waals surface area contributed by atoms with Crippen LogP contribution in [0.4, 0.5) is 5.69 Å². The van der Waals surface area contributed by atoms with Crippen LogP contribution < -0.4 is 10.1 Å². The molecule has 2 N–H and O–H groups in total. The Morgan fingerprint density at radius 3 is 2.97 bits per heavy atom. The van der Waals surface area contributed by atoms with Crippen LogP contribution in [0.25, 0.3) is 0 Å². The summed E-state index contributed by atoms with van der Waals surface area (Å²) in [5.74, 6) is 0.655. The van der Waals surface area contributed by atoms with Crippen LogP contribution in [0.15, 0.2) is 42.7 Å². The number of carbonyl (C=O) groups is 1. The number of para-hydroxylation sites is 1. The molecule has 4 rings (SSSR count). The van der Waals surface area contributed by atoms with Crippen LogP contribution in [-0.4, -0.2) is 71.7 Å². The fourth-order valence-corrected chi connectivity index (χ4v) is 4.27. The predicted octanol–water partition coefficient (Wildman–Crippen LogP) is 2.08. The van der Waals surface area contributed by atoms with Crippen molar-refractivity contribution in [1.29, 1.82) is 0 Å². The topological polar surface area (TPSA) is 77.9 Å². The fourth-order valence-electron chi connectivity index (χ4n) is 4.27. The number of nitrogens with zero attached hydrogens (tertiary/aromatic N) is 3. The molecule has 1 fully saturated rings. The zero-order valence-corrected chi connectivity index (χ0v) is 17.5. The van der Waals surface area contributed by atoms with Gasteiger partial charge < -0.3 is 20.1 Å². The number of anilines is 1. The molecule has 7 nitrogen and oxygen atoms in total. The number of likely N-dealkylation sites (tertiary alicyclic amines) is 1. The lowest BCUT2D eigenvalue weighted by atomic mass is 10.0. The number of benzene rings is 1. The number of aliphatic hydroxyl groups excluding tert-OH is 1. The lowest BCUT2D eigenvalue weighted by molar-refractivity contribution is -0.134. The van der Waals surface area contributed by atoms with Crippen LogP contribution in [0.1, 0.15) is 30.0 Å². The second kappa shape index (κ2) is 9.45. The second-order valence-electron chi connectivity index (χ2n) is 8.11. The molecule has 3 heterocycles. The molecular weight excluding hydrogens is 380 g/mol. The number of aromatic nitrogens is 1. The molecule has 2 aliphatic rings. The molecule has 1 aromatic carbocycles. The van der Waals surface area contributed by atoms with Crippen molar-refractivity contribution in [1.82, 2.24) is 14.8 Å². The van der Waals surface area contributed by atoms with Crippen LogP contribution in [0.3, 0.4) is 0 Å². The van der Waals surface area contributed by atoms with Gasteiger partial charge in [-0.3, -0.25) is 14.7 Å². The van der Waals surface area contributed by atoms with Gasteiger partial charge in [0.2, 0.25) is 0 Å². The zero-order valence-electron chi connectivity index (χ0n) is 17.5. The van der Waals surface area contributed by atoms with Crippen molar-refractivity contribution in [3.8, 4) is 5.75 Å². The van der Waals surface area contributed by atoms with E-state index in [4.69, 9.17) is 4.74 Å². The number of hydrogen-bond donors (Lipinski definition) is 2. The van der Waals surface area contributed by atoms with E-state index >= 15 is 0 Å². The van der Waals surface area contributed by atoms with Gasteiger partial charge in [-0.2, -0.15) is 0 Å². The van der Waals surface area contributed by atoms with Crippen molar-refractivity contribution in [3.63, 3.8) is 0 Å². The lowest BCUT2D eigenvalue weighted by Crippen LogP contribution is -2.41. The Labute approximate surface area is 177 Å². The summed E-state index contributed by atoms with van der Waals surface area (Å²) in [7, 11) is 1.82. The molecule has 2 atom stereocenters. The molecule has 1 unspecified atom stereocenters. The Balaban J connectivity index is 1.44. The monoisotopic (exact) mass is 410 g/mol. The summed E-state index contributed by atoms with van der Waals surface area (Å²) in [6.45, 7) is 3.06. The largest absolute Gasteiger partial charge is 0.482 e. The number of hydrogen-bond acceptors (Lipinski definition) is 6. The number of amides is 1. The summed E-state index contributed by atoms with van der Waals surface area (Å²) >= 11 is 0. The summed E-state index contributed by atoms with van der Waals surface area (Å²) in [6, 6.07) is 9.76. The molecule has 7 heteroatoms. The molecule has 0 spiro atoms. The van der Waals surface area contributed by atoms with Crippen LogP contribution >= 0.6 is 0 Å². The molecule has 1 saturated heterocycles. The SMILES string of the molecule is CN(C(=O)COc1cccc2c1NCCC2)C(CN1CC[C@H](O)C1)c1ccncc1. The molecular formula is C23H30N4O3. The van der Waals surface area contributed by atoms with Crippen LogP contribution in [-0.2, 0) is 11.2 Å². The number of β-amino-alcohol motifs (C(OH)–C–C–N with tert-alkyl or cyclic N) is 1. The standard InChI is InChI=1S/C23H30N4O3/c1-26(20(17-7-11-24-12-8-17)15-27-13-9-19(28)14-27)22(29)16-30-21-6-2-4-18-5-3-10-25-23(18)21/h2,4,6-8,11-12,19-20,25,28H,3,5,9-10,13-16H2,1H3/t19-,20?/m0/s1. The van der Waals surface area contributed by atoms with Crippen LogP contribution in [0.2, 0.25) is 0 Å². The minimum atomic E-state index is -0.288. The van der Waals surface area contributed by atoms with Gasteiger partial charge in [0.15, 0.2) is 6.61 Å². The van der Waals surface area contributed by atoms with E-state index in [1.807, 2.05) is 31.3 Å². The molecule has 2 aliphatic heterocycles. The molecule has 0 saturated carbocycles. The first kappa shape index (κ1) is 20.6. The zero-order chi connectivity index (χ0) is 20.9. The maximum Gasteiger partial charge on any atom is 0.260 e. The molecule has 0 aliphatic carbocycles. The minimum absolute atomic E-state index is 0.0150. The number of fused-ring (bicyclic) bond motifs is 1. The van der Waals surface area contributed by atoms with E-state index in [2.05, 4.69) is 21.3 Å². The molecule has 30 heavy (non-hydrogen) atoms. The highest BCUT2D eigenvalue weighted by molar-refractivity contribution is 5.78. The Morgan fingerprint density at radius 1 is 1.37 bits per heavy atom. The highest BCUT2D eigenvalue weighted by Gasteiger charge is 2.28. The summed E-state index contributed by atoms with van der Waals surface area (Å²) in [4.78, 5) is 21.1. The van der Waals surface area contributed by atoms with Crippen LogP contribution in [0.5, 0.6) is 5.75 Å². The van der Waals surface area contributed by atoms with Gasteiger partial charge in [-0.15, -0.1) is 0 Å². The summed E-state index contributed by atoms with van der Waals surface area (Å²) in [5, 5.41) is 13.3. The highest BCUT2D eigenvalue weighted by atomic mass is 16.5. The Morgan fingerprint density at radius 2 is 2.20 bits per heavy atom. The third-order valence-electron chi connectivity index (χ3n) is 6.02. The van der Waals surface area contributed by atoms with Crippen LogP contribution in [0, 0.1) is 0 Å². The van der Waals surface area contributed by atoms with Gasteiger partial charge in [0.05, 0.1) is 17.8 Å². The first-order valence-corrected chi connectivity index (χ1v) is 10.7. The summed E-state index contributed by atoms with van der Waals surface area (Å²) in [6.07, 6.45) is 6.12. The number of ether oxygens (including phenoxy) is 1. The third-order valence-corrected chi connectivity index (χ3v) is 6.02. The third kappa shape index (κ3) is 4.74. The molecule has 0 bridgehead atoms. The van der Waals surface area contributed by atoms with E-state index in [0.29, 0.717) is 13.1 Å². The Kier molecular flexibility index (Phi) is 6.50. The maximum atomic E-state index is 13.0. The predicted molar refractivity (Wildman–Crippen MR) is 116 cm³/mol. The quantitative estimate of drug-likeness (QED) is 0.728. The van der Waals surface area contributed by atoms with Gasteiger partial charge in [0, 0.05) is 45.6 Å². The van der Waals surface area contributed by atoms with Gasteiger partial charge in [0.1, 0.15) is 5.75 Å². The number of pyridine rings is 1.